The Hall–Kier alpha value is -1.59. The molecule has 0 aromatic heterocycles. The largest absolute Gasteiger partial charge is 0.342 e. The highest BCUT2D eigenvalue weighted by Crippen LogP contribution is 2.30. The number of halogens is 1. The number of rotatable bonds is 5. The van der Waals surface area contributed by atoms with Crippen molar-refractivity contribution in [3.8, 4) is 0 Å². The van der Waals surface area contributed by atoms with E-state index >= 15 is 0 Å². The van der Waals surface area contributed by atoms with Crippen molar-refractivity contribution in [3.63, 3.8) is 0 Å². The van der Waals surface area contributed by atoms with E-state index in [1.54, 1.807) is 0 Å². The van der Waals surface area contributed by atoms with Crippen LogP contribution in [0, 0.1) is 11.8 Å². The second-order valence-corrected chi connectivity index (χ2v) is 7.38. The first-order chi connectivity index (χ1) is 12.1. The highest BCUT2D eigenvalue weighted by molar-refractivity contribution is 5.89. The zero-order chi connectivity index (χ0) is 17.8. The van der Waals surface area contributed by atoms with E-state index in [0.29, 0.717) is 18.9 Å². The SMILES string of the molecule is CNCC1CCCN(C(=O)C2CC(=O)N(C(C)c3ccccc3)C2)C1.Cl. The summed E-state index contributed by atoms with van der Waals surface area (Å²) in [4.78, 5) is 29.3. The average Bonchev–Trinajstić information content (AvgIpc) is 3.03. The van der Waals surface area contributed by atoms with Crippen molar-refractivity contribution in [2.75, 3.05) is 33.2 Å². The lowest BCUT2D eigenvalue weighted by Gasteiger charge is -2.34. The van der Waals surface area contributed by atoms with Gasteiger partial charge in [-0.1, -0.05) is 30.3 Å². The van der Waals surface area contributed by atoms with Crippen LogP contribution in [0.2, 0.25) is 0 Å². The molecule has 144 valence electrons. The molecule has 2 heterocycles. The van der Waals surface area contributed by atoms with E-state index < -0.39 is 0 Å². The number of amides is 2. The van der Waals surface area contributed by atoms with Gasteiger partial charge in [0.25, 0.3) is 0 Å². The molecule has 0 bridgehead atoms. The summed E-state index contributed by atoms with van der Waals surface area (Å²) in [6.45, 7) is 5.19. The number of hydrogen-bond donors (Lipinski definition) is 1. The van der Waals surface area contributed by atoms with Crippen LogP contribution in [0.3, 0.4) is 0 Å². The lowest BCUT2D eigenvalue weighted by atomic mass is 9.96. The predicted octanol–water partition coefficient (Wildman–Crippen LogP) is 2.48. The molecule has 3 unspecified atom stereocenters. The summed E-state index contributed by atoms with van der Waals surface area (Å²) in [5.74, 6) is 0.599. The van der Waals surface area contributed by atoms with E-state index in [9.17, 15) is 9.59 Å². The van der Waals surface area contributed by atoms with Crippen LogP contribution in [-0.4, -0.2) is 54.8 Å². The molecule has 2 aliphatic heterocycles. The Kier molecular flexibility index (Phi) is 7.47. The van der Waals surface area contributed by atoms with Gasteiger partial charge in [0.05, 0.1) is 12.0 Å². The molecule has 3 atom stereocenters. The Morgan fingerprint density at radius 2 is 2.00 bits per heavy atom. The third-order valence-electron chi connectivity index (χ3n) is 5.58. The molecule has 1 aromatic rings. The maximum atomic E-state index is 12.9. The summed E-state index contributed by atoms with van der Waals surface area (Å²) in [6.07, 6.45) is 2.58. The van der Waals surface area contributed by atoms with E-state index in [0.717, 1.165) is 31.6 Å². The average molecular weight is 380 g/mol. The van der Waals surface area contributed by atoms with Crippen LogP contribution < -0.4 is 5.32 Å². The minimum atomic E-state index is -0.188. The number of nitrogens with zero attached hydrogens (tertiary/aromatic N) is 2. The van der Waals surface area contributed by atoms with Crippen molar-refractivity contribution >= 4 is 24.2 Å². The molecule has 3 rings (SSSR count). The summed E-state index contributed by atoms with van der Waals surface area (Å²) in [5, 5.41) is 3.21. The molecule has 0 aliphatic carbocycles. The lowest BCUT2D eigenvalue weighted by Crippen LogP contribution is -2.45. The highest BCUT2D eigenvalue weighted by atomic mass is 35.5. The van der Waals surface area contributed by atoms with E-state index in [1.165, 1.54) is 6.42 Å². The molecule has 1 aromatic carbocycles. The fourth-order valence-electron chi connectivity index (χ4n) is 4.16. The summed E-state index contributed by atoms with van der Waals surface area (Å²) in [7, 11) is 1.96. The van der Waals surface area contributed by atoms with Gasteiger partial charge in [0.15, 0.2) is 0 Å². The molecule has 2 saturated heterocycles. The number of carbonyl (C=O) groups excluding carboxylic acids is 2. The minimum Gasteiger partial charge on any atom is -0.342 e. The molecule has 1 N–H and O–H groups in total. The molecule has 5 nitrogen and oxygen atoms in total. The van der Waals surface area contributed by atoms with Crippen molar-refractivity contribution in [3.05, 3.63) is 35.9 Å². The maximum Gasteiger partial charge on any atom is 0.228 e. The normalized spacial score (nSPS) is 24.3. The molecule has 2 aliphatic rings. The van der Waals surface area contributed by atoms with Gasteiger partial charge in [0.1, 0.15) is 0 Å². The van der Waals surface area contributed by atoms with Gasteiger partial charge in [0, 0.05) is 26.1 Å². The number of nitrogens with one attached hydrogen (secondary N) is 1. The zero-order valence-corrected chi connectivity index (χ0v) is 16.5. The van der Waals surface area contributed by atoms with Gasteiger partial charge in [-0.05, 0) is 44.8 Å². The van der Waals surface area contributed by atoms with Gasteiger partial charge < -0.3 is 15.1 Å². The maximum absolute atomic E-state index is 12.9. The van der Waals surface area contributed by atoms with E-state index in [1.807, 2.05) is 54.1 Å². The fraction of sp³-hybridized carbons (Fsp3) is 0.600. The molecule has 2 fully saturated rings. The Balaban J connectivity index is 0.00000243. The van der Waals surface area contributed by atoms with Crippen LogP contribution in [0.4, 0.5) is 0 Å². The number of likely N-dealkylation sites (tertiary alicyclic amines) is 2. The van der Waals surface area contributed by atoms with Crippen molar-refractivity contribution in [1.82, 2.24) is 15.1 Å². The quantitative estimate of drug-likeness (QED) is 0.855. The summed E-state index contributed by atoms with van der Waals surface area (Å²) in [5.41, 5.74) is 1.12. The van der Waals surface area contributed by atoms with Gasteiger partial charge in [-0.3, -0.25) is 9.59 Å². The third kappa shape index (κ3) is 4.57. The number of piperidine rings is 1. The molecule has 26 heavy (non-hydrogen) atoms. The van der Waals surface area contributed by atoms with E-state index in [2.05, 4.69) is 5.32 Å². The number of benzene rings is 1. The Morgan fingerprint density at radius 1 is 1.27 bits per heavy atom. The molecular formula is C20H30ClN3O2. The second-order valence-electron chi connectivity index (χ2n) is 7.38. The Bertz CT molecular complexity index is 608. The van der Waals surface area contributed by atoms with Gasteiger partial charge in [-0.15, -0.1) is 12.4 Å². The minimum absolute atomic E-state index is 0. The summed E-state index contributed by atoms with van der Waals surface area (Å²) >= 11 is 0. The molecule has 2 amide bonds. The van der Waals surface area contributed by atoms with Crippen LogP contribution in [0.15, 0.2) is 30.3 Å². The second kappa shape index (κ2) is 9.38. The van der Waals surface area contributed by atoms with Crippen molar-refractivity contribution in [2.45, 2.75) is 32.2 Å². The van der Waals surface area contributed by atoms with Crippen LogP contribution >= 0.6 is 12.4 Å². The third-order valence-corrected chi connectivity index (χ3v) is 5.58. The van der Waals surface area contributed by atoms with Crippen LogP contribution in [0.5, 0.6) is 0 Å². The molecule has 6 heteroatoms. The van der Waals surface area contributed by atoms with Crippen LogP contribution in [-0.2, 0) is 9.59 Å². The first-order valence-corrected chi connectivity index (χ1v) is 9.38. The molecule has 0 saturated carbocycles. The van der Waals surface area contributed by atoms with Gasteiger partial charge in [-0.2, -0.15) is 0 Å². The summed E-state index contributed by atoms with van der Waals surface area (Å²) in [6, 6.07) is 10.1. The van der Waals surface area contributed by atoms with Crippen molar-refractivity contribution in [1.29, 1.82) is 0 Å². The van der Waals surface area contributed by atoms with Gasteiger partial charge >= 0.3 is 0 Å². The monoisotopic (exact) mass is 379 g/mol. The zero-order valence-electron chi connectivity index (χ0n) is 15.7. The smallest absolute Gasteiger partial charge is 0.228 e. The highest BCUT2D eigenvalue weighted by Gasteiger charge is 2.39. The van der Waals surface area contributed by atoms with Gasteiger partial charge in [-0.25, -0.2) is 0 Å². The first-order valence-electron chi connectivity index (χ1n) is 9.38. The summed E-state index contributed by atoms with van der Waals surface area (Å²) < 4.78 is 0. The molecular weight excluding hydrogens is 350 g/mol. The predicted molar refractivity (Wildman–Crippen MR) is 105 cm³/mol. The number of hydrogen-bond acceptors (Lipinski definition) is 3. The lowest BCUT2D eigenvalue weighted by molar-refractivity contribution is -0.137. The van der Waals surface area contributed by atoms with Crippen LogP contribution in [0.1, 0.15) is 37.8 Å². The van der Waals surface area contributed by atoms with Crippen molar-refractivity contribution < 1.29 is 9.59 Å². The Morgan fingerprint density at radius 3 is 2.69 bits per heavy atom. The topological polar surface area (TPSA) is 52.7 Å². The standard InChI is InChI=1S/C20H29N3O2.ClH/c1-15(17-8-4-3-5-9-17)23-14-18(11-19(23)24)20(25)22-10-6-7-16(13-22)12-21-2;/h3-5,8-9,15-16,18,21H,6-7,10-14H2,1-2H3;1H. The number of carbonyl (C=O) groups is 2. The fourth-order valence-corrected chi connectivity index (χ4v) is 4.16. The van der Waals surface area contributed by atoms with E-state index in [-0.39, 0.29) is 36.2 Å². The molecule has 0 spiro atoms. The molecule has 0 radical (unpaired) electrons. The Labute approximate surface area is 162 Å². The van der Waals surface area contributed by atoms with E-state index in [4.69, 9.17) is 0 Å². The first kappa shape index (κ1) is 20.7. The van der Waals surface area contributed by atoms with Crippen molar-refractivity contribution in [2.24, 2.45) is 11.8 Å². The van der Waals surface area contributed by atoms with Crippen LogP contribution in [0.25, 0.3) is 0 Å². The van der Waals surface area contributed by atoms with Gasteiger partial charge in [0.2, 0.25) is 11.8 Å².